The van der Waals surface area contributed by atoms with Gasteiger partial charge in [0.2, 0.25) is 5.91 Å². The molecule has 1 aromatic carbocycles. The quantitative estimate of drug-likeness (QED) is 0.676. The molecule has 1 rings (SSSR count). The summed E-state index contributed by atoms with van der Waals surface area (Å²) < 4.78 is 48.4. The Hall–Kier alpha value is -1.76. The first-order valence-electron chi connectivity index (χ1n) is 7.67. The van der Waals surface area contributed by atoms with Gasteiger partial charge in [-0.05, 0) is 17.5 Å². The van der Waals surface area contributed by atoms with Crippen molar-refractivity contribution in [1.82, 2.24) is 4.90 Å². The Morgan fingerprint density at radius 1 is 1.04 bits per heavy atom. The van der Waals surface area contributed by atoms with Crippen molar-refractivity contribution in [2.75, 3.05) is 32.9 Å². The number of hydrogen-bond acceptors (Lipinski definition) is 3. The molecule has 1 amide bonds. The first kappa shape index (κ1) is 20.3. The van der Waals surface area contributed by atoms with Gasteiger partial charge in [-0.25, -0.2) is 0 Å². The van der Waals surface area contributed by atoms with Crippen LogP contribution in [0.15, 0.2) is 30.3 Å². The van der Waals surface area contributed by atoms with E-state index in [1.807, 2.05) is 18.2 Å². The van der Waals surface area contributed by atoms with E-state index in [0.717, 1.165) is 4.90 Å². The van der Waals surface area contributed by atoms with E-state index in [0.29, 0.717) is 5.75 Å². The van der Waals surface area contributed by atoms with Gasteiger partial charge in [0.05, 0.1) is 6.61 Å². The van der Waals surface area contributed by atoms with Crippen molar-refractivity contribution >= 4 is 5.91 Å². The number of ether oxygens (including phenoxy) is 2. The van der Waals surface area contributed by atoms with Crippen molar-refractivity contribution in [2.24, 2.45) is 5.41 Å². The van der Waals surface area contributed by atoms with E-state index in [1.54, 1.807) is 32.9 Å². The van der Waals surface area contributed by atoms with Crippen LogP contribution >= 0.6 is 0 Å². The maximum absolute atomic E-state index is 12.6. The van der Waals surface area contributed by atoms with Gasteiger partial charge in [-0.1, -0.05) is 39.0 Å². The number of benzene rings is 1. The summed E-state index contributed by atoms with van der Waals surface area (Å²) in [6, 6.07) is 9.05. The van der Waals surface area contributed by atoms with Gasteiger partial charge in [0, 0.05) is 6.54 Å². The van der Waals surface area contributed by atoms with Crippen LogP contribution in [0.2, 0.25) is 0 Å². The molecule has 0 N–H and O–H groups in total. The van der Waals surface area contributed by atoms with E-state index < -0.39 is 30.7 Å². The maximum atomic E-state index is 12.6. The monoisotopic (exact) mass is 347 g/mol. The largest absolute Gasteiger partial charge is 0.491 e. The van der Waals surface area contributed by atoms with Crippen LogP contribution in [0.1, 0.15) is 20.8 Å². The molecule has 0 unspecified atom stereocenters. The minimum atomic E-state index is -4.43. The number of carbonyl (C=O) groups is 1. The lowest BCUT2D eigenvalue weighted by molar-refractivity contribution is -0.166. The zero-order chi connectivity index (χ0) is 18.2. The van der Waals surface area contributed by atoms with Crippen molar-refractivity contribution in [3.05, 3.63) is 30.3 Å². The Labute approximate surface area is 140 Å². The fourth-order valence-electron chi connectivity index (χ4n) is 2.01. The third-order valence-electron chi connectivity index (χ3n) is 2.85. The molecule has 136 valence electrons. The molecule has 0 atom stereocenters. The van der Waals surface area contributed by atoms with Crippen LogP contribution in [0.4, 0.5) is 13.2 Å². The summed E-state index contributed by atoms with van der Waals surface area (Å²) in [7, 11) is 0. The maximum Gasteiger partial charge on any atom is 0.406 e. The molecule has 0 spiro atoms. The summed E-state index contributed by atoms with van der Waals surface area (Å²) in [5.74, 6) is -0.0131. The highest BCUT2D eigenvalue weighted by molar-refractivity contribution is 5.77. The molecule has 0 aromatic heterocycles. The topological polar surface area (TPSA) is 38.8 Å². The van der Waals surface area contributed by atoms with Crippen LogP contribution in [-0.2, 0) is 9.53 Å². The van der Waals surface area contributed by atoms with Crippen molar-refractivity contribution in [1.29, 1.82) is 0 Å². The minimum Gasteiger partial charge on any atom is -0.491 e. The van der Waals surface area contributed by atoms with Crippen LogP contribution in [0.3, 0.4) is 0 Å². The predicted molar refractivity (Wildman–Crippen MR) is 84.8 cm³/mol. The molecule has 0 heterocycles. The summed E-state index contributed by atoms with van der Waals surface area (Å²) in [5, 5.41) is 0. The molecule has 24 heavy (non-hydrogen) atoms. The molecule has 0 aliphatic carbocycles. The van der Waals surface area contributed by atoms with Crippen molar-refractivity contribution < 1.29 is 27.4 Å². The highest BCUT2D eigenvalue weighted by Crippen LogP contribution is 2.21. The van der Waals surface area contributed by atoms with E-state index in [2.05, 4.69) is 0 Å². The van der Waals surface area contributed by atoms with Crippen molar-refractivity contribution in [3.63, 3.8) is 0 Å². The van der Waals surface area contributed by atoms with E-state index in [4.69, 9.17) is 9.47 Å². The van der Waals surface area contributed by atoms with Gasteiger partial charge in [0.1, 0.15) is 25.5 Å². The fourth-order valence-corrected chi connectivity index (χ4v) is 2.01. The standard InChI is InChI=1S/C17H24F3NO3/c1-16(2,3)12-21(13-17(18,19)20)15(22)11-23-9-10-24-14-7-5-4-6-8-14/h4-8H,9-13H2,1-3H3. The third-order valence-corrected chi connectivity index (χ3v) is 2.85. The lowest BCUT2D eigenvalue weighted by Gasteiger charge is -2.30. The van der Waals surface area contributed by atoms with Gasteiger partial charge in [0.25, 0.3) is 0 Å². The molecule has 0 fully saturated rings. The molecule has 7 heteroatoms. The van der Waals surface area contributed by atoms with E-state index in [-0.39, 0.29) is 19.8 Å². The van der Waals surface area contributed by atoms with Crippen LogP contribution < -0.4 is 4.74 Å². The second kappa shape index (κ2) is 8.92. The van der Waals surface area contributed by atoms with E-state index >= 15 is 0 Å². The first-order valence-corrected chi connectivity index (χ1v) is 7.67. The Morgan fingerprint density at radius 2 is 1.67 bits per heavy atom. The Kier molecular flexibility index (Phi) is 7.54. The van der Waals surface area contributed by atoms with Gasteiger partial charge < -0.3 is 14.4 Å². The Bertz CT molecular complexity index is 482. The van der Waals surface area contributed by atoms with Crippen LogP contribution in [0.25, 0.3) is 0 Å². The van der Waals surface area contributed by atoms with E-state index in [9.17, 15) is 18.0 Å². The normalized spacial score (nSPS) is 12.1. The zero-order valence-electron chi connectivity index (χ0n) is 14.2. The molecule has 0 radical (unpaired) electrons. The molecule has 0 aliphatic heterocycles. The van der Waals surface area contributed by atoms with Gasteiger partial charge in [-0.15, -0.1) is 0 Å². The SMILES string of the molecule is CC(C)(C)CN(CC(F)(F)F)C(=O)COCCOc1ccccc1. The van der Waals surface area contributed by atoms with Crippen LogP contribution in [-0.4, -0.2) is 49.9 Å². The van der Waals surface area contributed by atoms with Crippen LogP contribution in [0.5, 0.6) is 5.75 Å². The summed E-state index contributed by atoms with van der Waals surface area (Å²) in [4.78, 5) is 12.8. The minimum absolute atomic E-state index is 0.00915. The van der Waals surface area contributed by atoms with E-state index in [1.165, 1.54) is 0 Å². The molecule has 0 aliphatic rings. The predicted octanol–water partition coefficient (Wildman–Crippen LogP) is 3.52. The first-order chi connectivity index (χ1) is 11.1. The number of hydrogen-bond donors (Lipinski definition) is 0. The highest BCUT2D eigenvalue weighted by Gasteiger charge is 2.34. The molecule has 4 nitrogen and oxygen atoms in total. The number of nitrogens with zero attached hydrogens (tertiary/aromatic N) is 1. The average molecular weight is 347 g/mol. The van der Waals surface area contributed by atoms with Gasteiger partial charge in [0.15, 0.2) is 0 Å². The number of alkyl halides is 3. The average Bonchev–Trinajstić information content (AvgIpc) is 2.44. The summed E-state index contributed by atoms with van der Waals surface area (Å²) >= 11 is 0. The second-order valence-electron chi connectivity index (χ2n) is 6.64. The van der Waals surface area contributed by atoms with Gasteiger partial charge in [-0.2, -0.15) is 13.2 Å². The lowest BCUT2D eigenvalue weighted by Crippen LogP contribution is -2.45. The molecule has 0 saturated carbocycles. The Morgan fingerprint density at radius 3 is 2.21 bits per heavy atom. The van der Waals surface area contributed by atoms with Crippen molar-refractivity contribution in [3.8, 4) is 5.75 Å². The zero-order valence-corrected chi connectivity index (χ0v) is 14.2. The van der Waals surface area contributed by atoms with Gasteiger partial charge in [-0.3, -0.25) is 4.79 Å². The summed E-state index contributed by atoms with van der Waals surface area (Å²) in [6.45, 7) is 4.01. The smallest absolute Gasteiger partial charge is 0.406 e. The highest BCUT2D eigenvalue weighted by atomic mass is 19.4. The number of carbonyl (C=O) groups excluding carboxylic acids is 1. The third kappa shape index (κ3) is 9.39. The van der Waals surface area contributed by atoms with Gasteiger partial charge >= 0.3 is 6.18 Å². The molecule has 0 bridgehead atoms. The lowest BCUT2D eigenvalue weighted by atomic mass is 9.96. The number of halogens is 3. The Balaban J connectivity index is 2.38. The molecular formula is C17H24F3NO3. The fraction of sp³-hybridized carbons (Fsp3) is 0.588. The summed E-state index contributed by atoms with van der Waals surface area (Å²) in [6.07, 6.45) is -4.43. The molecule has 1 aromatic rings. The van der Waals surface area contributed by atoms with Crippen molar-refractivity contribution in [2.45, 2.75) is 26.9 Å². The molecular weight excluding hydrogens is 323 g/mol. The number of para-hydroxylation sites is 1. The second-order valence-corrected chi connectivity index (χ2v) is 6.64. The number of rotatable bonds is 8. The number of amides is 1. The molecule has 0 saturated heterocycles. The van der Waals surface area contributed by atoms with Crippen LogP contribution in [0, 0.1) is 5.41 Å². The summed E-state index contributed by atoms with van der Waals surface area (Å²) in [5.41, 5.74) is -0.433.